The van der Waals surface area contributed by atoms with Crippen molar-refractivity contribution in [3.63, 3.8) is 0 Å². The number of hydrogen-bond donors (Lipinski definition) is 2. The van der Waals surface area contributed by atoms with Gasteiger partial charge in [-0.3, -0.25) is 4.79 Å². The molecule has 1 fully saturated rings. The molecule has 2 N–H and O–H groups in total. The number of carbonyl (C=O) groups excluding carboxylic acids is 1. The van der Waals surface area contributed by atoms with E-state index in [1.807, 2.05) is 0 Å². The molecule has 15 heavy (non-hydrogen) atoms. The minimum absolute atomic E-state index is 0.182. The average Bonchev–Trinajstić information content (AvgIpc) is 2.26. The molecule has 0 aromatic rings. The first-order valence-corrected chi connectivity index (χ1v) is 6.21. The van der Waals surface area contributed by atoms with E-state index in [1.54, 1.807) is 0 Å². The van der Waals surface area contributed by atoms with Gasteiger partial charge in [-0.1, -0.05) is 13.8 Å². The number of rotatable bonds is 4. The van der Waals surface area contributed by atoms with Crippen molar-refractivity contribution in [3.8, 4) is 0 Å². The molecule has 0 aromatic heterocycles. The first-order chi connectivity index (χ1) is 7.17. The lowest BCUT2D eigenvalue weighted by atomic mass is 9.94. The average molecular weight is 212 g/mol. The van der Waals surface area contributed by atoms with Gasteiger partial charge in [0.2, 0.25) is 5.91 Å². The molecule has 3 heteroatoms. The van der Waals surface area contributed by atoms with Crippen molar-refractivity contribution >= 4 is 5.91 Å². The molecule has 1 saturated heterocycles. The molecule has 0 aromatic carbocycles. The number of amides is 1. The van der Waals surface area contributed by atoms with Crippen LogP contribution in [0.1, 0.15) is 46.5 Å². The number of piperidine rings is 1. The zero-order valence-corrected chi connectivity index (χ0v) is 10.2. The largest absolute Gasteiger partial charge is 0.353 e. The summed E-state index contributed by atoms with van der Waals surface area (Å²) >= 11 is 0. The van der Waals surface area contributed by atoms with Gasteiger partial charge < -0.3 is 10.6 Å². The minimum Gasteiger partial charge on any atom is -0.353 e. The fraction of sp³-hybridized carbons (Fsp3) is 0.917. The van der Waals surface area contributed by atoms with E-state index in [0.717, 1.165) is 32.2 Å². The van der Waals surface area contributed by atoms with Crippen molar-refractivity contribution in [1.29, 1.82) is 0 Å². The van der Waals surface area contributed by atoms with Gasteiger partial charge in [-0.2, -0.15) is 0 Å². The maximum absolute atomic E-state index is 11.9. The monoisotopic (exact) mass is 212 g/mol. The van der Waals surface area contributed by atoms with Crippen molar-refractivity contribution in [3.05, 3.63) is 0 Å². The molecule has 1 rings (SSSR count). The SMILES string of the molecule is CCC(CC)NC(=O)C1CCC(C)NC1. The molecule has 3 nitrogen and oxygen atoms in total. The molecule has 1 aliphatic heterocycles. The Kier molecular flexibility index (Phi) is 5.09. The predicted molar refractivity (Wildman–Crippen MR) is 62.7 cm³/mol. The molecule has 1 aliphatic rings. The molecular weight excluding hydrogens is 188 g/mol. The number of carbonyl (C=O) groups is 1. The van der Waals surface area contributed by atoms with Crippen LogP contribution in [0.25, 0.3) is 0 Å². The smallest absolute Gasteiger partial charge is 0.224 e. The van der Waals surface area contributed by atoms with Crippen LogP contribution in [0.3, 0.4) is 0 Å². The number of nitrogens with one attached hydrogen (secondary N) is 2. The van der Waals surface area contributed by atoms with Crippen LogP contribution in [-0.2, 0) is 4.79 Å². The summed E-state index contributed by atoms with van der Waals surface area (Å²) in [6.45, 7) is 7.26. The second-order valence-corrected chi connectivity index (χ2v) is 4.61. The summed E-state index contributed by atoms with van der Waals surface area (Å²) in [6.07, 6.45) is 4.19. The molecule has 88 valence electrons. The number of hydrogen-bond acceptors (Lipinski definition) is 2. The Balaban J connectivity index is 2.33. The topological polar surface area (TPSA) is 41.1 Å². The lowest BCUT2D eigenvalue weighted by molar-refractivity contribution is -0.126. The molecule has 0 radical (unpaired) electrons. The van der Waals surface area contributed by atoms with Crippen LogP contribution in [0, 0.1) is 5.92 Å². The van der Waals surface area contributed by atoms with Gasteiger partial charge in [-0.05, 0) is 32.6 Å². The molecule has 2 atom stereocenters. The highest BCUT2D eigenvalue weighted by Gasteiger charge is 2.24. The zero-order chi connectivity index (χ0) is 11.3. The minimum atomic E-state index is 0.182. The normalized spacial score (nSPS) is 26.7. The molecule has 0 saturated carbocycles. The van der Waals surface area contributed by atoms with Crippen molar-refractivity contribution < 1.29 is 4.79 Å². The van der Waals surface area contributed by atoms with Crippen LogP contribution in [0.5, 0.6) is 0 Å². The van der Waals surface area contributed by atoms with Crippen LogP contribution < -0.4 is 10.6 Å². The van der Waals surface area contributed by atoms with E-state index in [-0.39, 0.29) is 11.8 Å². The summed E-state index contributed by atoms with van der Waals surface area (Å²) in [5.41, 5.74) is 0. The summed E-state index contributed by atoms with van der Waals surface area (Å²) in [6, 6.07) is 0.930. The van der Waals surface area contributed by atoms with Crippen molar-refractivity contribution in [1.82, 2.24) is 10.6 Å². The van der Waals surface area contributed by atoms with E-state index < -0.39 is 0 Å². The van der Waals surface area contributed by atoms with Gasteiger partial charge in [0, 0.05) is 18.6 Å². The maximum Gasteiger partial charge on any atom is 0.224 e. The quantitative estimate of drug-likeness (QED) is 0.744. The van der Waals surface area contributed by atoms with E-state index in [4.69, 9.17) is 0 Å². The summed E-state index contributed by atoms with van der Waals surface area (Å²) in [5.74, 6) is 0.421. The summed E-state index contributed by atoms with van der Waals surface area (Å²) < 4.78 is 0. The Morgan fingerprint density at radius 1 is 1.40 bits per heavy atom. The van der Waals surface area contributed by atoms with Gasteiger partial charge in [0.1, 0.15) is 0 Å². The second-order valence-electron chi connectivity index (χ2n) is 4.61. The Morgan fingerprint density at radius 3 is 2.53 bits per heavy atom. The Hall–Kier alpha value is -0.570. The first-order valence-electron chi connectivity index (χ1n) is 6.21. The highest BCUT2D eigenvalue weighted by atomic mass is 16.2. The summed E-state index contributed by atoms with van der Waals surface area (Å²) in [7, 11) is 0. The molecular formula is C12H24N2O. The van der Waals surface area contributed by atoms with Crippen molar-refractivity contribution in [2.24, 2.45) is 5.92 Å². The standard InChI is InChI=1S/C12H24N2O/c1-4-11(5-2)14-12(15)10-7-6-9(3)13-8-10/h9-11,13H,4-8H2,1-3H3,(H,14,15). The third-order valence-corrected chi connectivity index (χ3v) is 3.36. The van der Waals surface area contributed by atoms with E-state index >= 15 is 0 Å². The Labute approximate surface area is 93.0 Å². The fourth-order valence-corrected chi connectivity index (χ4v) is 2.03. The fourth-order valence-electron chi connectivity index (χ4n) is 2.03. The summed E-state index contributed by atoms with van der Waals surface area (Å²) in [5, 5.41) is 6.48. The Morgan fingerprint density at radius 2 is 2.07 bits per heavy atom. The van der Waals surface area contributed by atoms with Gasteiger partial charge in [-0.25, -0.2) is 0 Å². The van der Waals surface area contributed by atoms with Crippen LogP contribution in [0.15, 0.2) is 0 Å². The first kappa shape index (κ1) is 12.5. The second kappa shape index (κ2) is 6.11. The van der Waals surface area contributed by atoms with Gasteiger partial charge in [0.05, 0.1) is 5.92 Å². The highest BCUT2D eigenvalue weighted by Crippen LogP contribution is 2.14. The van der Waals surface area contributed by atoms with Crippen LogP contribution in [-0.4, -0.2) is 24.5 Å². The molecule has 1 amide bonds. The van der Waals surface area contributed by atoms with E-state index in [0.29, 0.717) is 12.1 Å². The van der Waals surface area contributed by atoms with E-state index in [9.17, 15) is 4.79 Å². The van der Waals surface area contributed by atoms with E-state index in [2.05, 4.69) is 31.4 Å². The zero-order valence-electron chi connectivity index (χ0n) is 10.2. The third-order valence-electron chi connectivity index (χ3n) is 3.36. The lowest BCUT2D eigenvalue weighted by Crippen LogP contribution is -2.46. The third kappa shape index (κ3) is 3.82. The van der Waals surface area contributed by atoms with Gasteiger partial charge in [0.15, 0.2) is 0 Å². The molecule has 2 unspecified atom stereocenters. The molecule has 0 aliphatic carbocycles. The molecule has 0 bridgehead atoms. The van der Waals surface area contributed by atoms with Gasteiger partial charge in [0.25, 0.3) is 0 Å². The van der Waals surface area contributed by atoms with Crippen LogP contribution in [0.4, 0.5) is 0 Å². The van der Waals surface area contributed by atoms with Crippen molar-refractivity contribution in [2.75, 3.05) is 6.54 Å². The van der Waals surface area contributed by atoms with Crippen LogP contribution in [0.2, 0.25) is 0 Å². The summed E-state index contributed by atoms with van der Waals surface area (Å²) in [4.78, 5) is 11.9. The highest BCUT2D eigenvalue weighted by molar-refractivity contribution is 5.79. The maximum atomic E-state index is 11.9. The van der Waals surface area contributed by atoms with Crippen molar-refractivity contribution in [2.45, 2.75) is 58.5 Å². The molecule has 0 spiro atoms. The van der Waals surface area contributed by atoms with Gasteiger partial charge >= 0.3 is 0 Å². The van der Waals surface area contributed by atoms with E-state index in [1.165, 1.54) is 0 Å². The van der Waals surface area contributed by atoms with Crippen LogP contribution >= 0.6 is 0 Å². The van der Waals surface area contributed by atoms with Gasteiger partial charge in [-0.15, -0.1) is 0 Å². The predicted octanol–water partition coefficient (Wildman–Crippen LogP) is 1.68. The Bertz CT molecular complexity index is 194. The lowest BCUT2D eigenvalue weighted by Gasteiger charge is -2.28. The molecule has 1 heterocycles.